The van der Waals surface area contributed by atoms with Gasteiger partial charge in [-0.05, 0) is 56.7 Å². The molecule has 31 heavy (non-hydrogen) atoms. The Hall–Kier alpha value is -2.32. The smallest absolute Gasteiger partial charge is 0.258 e. The normalized spacial score (nSPS) is 21.0. The molecule has 0 aromatic heterocycles. The number of carbonyl (C=O) groups is 1. The summed E-state index contributed by atoms with van der Waals surface area (Å²) in [5.41, 5.74) is 1.13. The Labute approximate surface area is 184 Å². The number of aliphatic imine (C=N–C) groups is 1. The van der Waals surface area contributed by atoms with Crippen LogP contribution < -0.4 is 20.7 Å². The van der Waals surface area contributed by atoms with Crippen LogP contribution >= 0.6 is 0 Å². The van der Waals surface area contributed by atoms with Crippen LogP contribution in [-0.2, 0) is 16.0 Å². The fraction of sp³-hybridized carbons (Fsp3) is 0.652. The molecule has 1 amide bonds. The summed E-state index contributed by atoms with van der Waals surface area (Å²) < 4.78 is 11.1. The van der Waals surface area contributed by atoms with E-state index in [4.69, 9.17) is 14.5 Å². The van der Waals surface area contributed by atoms with Crippen molar-refractivity contribution >= 4 is 11.9 Å². The number of carbonyl (C=O) groups excluding carboxylic acids is 1. The van der Waals surface area contributed by atoms with E-state index in [1.165, 1.54) is 5.56 Å². The minimum atomic E-state index is -0.0593. The number of nitrogens with one attached hydrogen (secondary N) is 3. The lowest BCUT2D eigenvalue weighted by atomic mass is 9.84. The lowest BCUT2D eigenvalue weighted by Gasteiger charge is -2.24. The predicted octanol–water partition coefficient (Wildman–Crippen LogP) is 1.23. The number of rotatable bonds is 12. The lowest BCUT2D eigenvalue weighted by Crippen LogP contribution is -2.39. The number of guanidine groups is 1. The number of aliphatic hydroxyl groups is 1. The highest BCUT2D eigenvalue weighted by Crippen LogP contribution is 2.32. The van der Waals surface area contributed by atoms with Crippen LogP contribution in [0.3, 0.4) is 0 Å². The van der Waals surface area contributed by atoms with Gasteiger partial charge in [0.05, 0.1) is 13.2 Å². The van der Waals surface area contributed by atoms with Gasteiger partial charge in [-0.2, -0.15) is 0 Å². The first-order valence-corrected chi connectivity index (χ1v) is 11.3. The highest BCUT2D eigenvalue weighted by atomic mass is 16.5. The van der Waals surface area contributed by atoms with E-state index < -0.39 is 0 Å². The van der Waals surface area contributed by atoms with Crippen LogP contribution in [0.15, 0.2) is 29.3 Å². The van der Waals surface area contributed by atoms with Crippen LogP contribution in [0.4, 0.5) is 0 Å². The average molecular weight is 433 g/mol. The van der Waals surface area contributed by atoms with E-state index >= 15 is 0 Å². The third-order valence-electron chi connectivity index (χ3n) is 5.69. The number of ether oxygens (including phenoxy) is 2. The fourth-order valence-electron chi connectivity index (χ4n) is 3.60. The zero-order valence-electron chi connectivity index (χ0n) is 18.5. The SMILES string of the molecule is CCNC(=NCC1(CCO)CCOC1)NCCc1ccc(OCC(=O)NC2CC2)cc1. The molecule has 1 saturated carbocycles. The second-order valence-corrected chi connectivity index (χ2v) is 8.42. The Morgan fingerprint density at radius 1 is 1.29 bits per heavy atom. The topological polar surface area (TPSA) is 104 Å². The Balaban J connectivity index is 1.41. The van der Waals surface area contributed by atoms with Crippen molar-refractivity contribution < 1.29 is 19.4 Å². The Bertz CT molecular complexity index is 713. The zero-order valence-corrected chi connectivity index (χ0v) is 18.5. The molecule has 0 bridgehead atoms. The molecular weight excluding hydrogens is 396 g/mol. The molecule has 1 heterocycles. The van der Waals surface area contributed by atoms with Gasteiger partial charge < -0.3 is 30.5 Å². The van der Waals surface area contributed by atoms with Gasteiger partial charge in [-0.15, -0.1) is 0 Å². The van der Waals surface area contributed by atoms with Crippen LogP contribution in [0.1, 0.15) is 38.2 Å². The summed E-state index contributed by atoms with van der Waals surface area (Å²) in [6.07, 6.45) is 4.65. The van der Waals surface area contributed by atoms with Gasteiger partial charge in [0, 0.05) is 37.8 Å². The molecule has 8 nitrogen and oxygen atoms in total. The molecule has 1 atom stereocenters. The third-order valence-corrected chi connectivity index (χ3v) is 5.69. The van der Waals surface area contributed by atoms with Crippen LogP contribution in [-0.4, -0.2) is 69.1 Å². The summed E-state index contributed by atoms with van der Waals surface area (Å²) >= 11 is 0. The zero-order chi connectivity index (χ0) is 21.9. The van der Waals surface area contributed by atoms with Crippen molar-refractivity contribution in [2.75, 3.05) is 46.1 Å². The van der Waals surface area contributed by atoms with Crippen LogP contribution in [0.2, 0.25) is 0 Å². The molecule has 2 aliphatic rings. The van der Waals surface area contributed by atoms with Crippen molar-refractivity contribution in [2.24, 2.45) is 10.4 Å². The molecule has 8 heteroatoms. The summed E-state index contributed by atoms with van der Waals surface area (Å²) in [5.74, 6) is 1.43. The number of benzene rings is 1. The summed E-state index contributed by atoms with van der Waals surface area (Å²) in [7, 11) is 0. The summed E-state index contributed by atoms with van der Waals surface area (Å²) in [6.45, 7) is 5.84. The maximum atomic E-state index is 11.7. The molecule has 2 fully saturated rings. The standard InChI is InChI=1S/C23H36N4O4/c1-2-24-22(26-16-23(10-13-28)11-14-30-17-23)25-12-9-18-3-7-20(8-4-18)31-15-21(29)27-19-5-6-19/h3-4,7-8,19,28H,2,5-6,9-17H2,1H3,(H,27,29)(H2,24,25,26). The molecular formula is C23H36N4O4. The van der Waals surface area contributed by atoms with Crippen LogP contribution in [0.25, 0.3) is 0 Å². The maximum Gasteiger partial charge on any atom is 0.258 e. The monoisotopic (exact) mass is 432 g/mol. The lowest BCUT2D eigenvalue weighted by molar-refractivity contribution is -0.123. The van der Waals surface area contributed by atoms with E-state index in [0.29, 0.717) is 31.4 Å². The summed E-state index contributed by atoms with van der Waals surface area (Å²) in [4.78, 5) is 16.4. The Morgan fingerprint density at radius 2 is 2.10 bits per heavy atom. The first-order chi connectivity index (χ1) is 15.1. The van der Waals surface area contributed by atoms with Gasteiger partial charge in [0.15, 0.2) is 12.6 Å². The van der Waals surface area contributed by atoms with Gasteiger partial charge in [-0.25, -0.2) is 0 Å². The van der Waals surface area contributed by atoms with E-state index in [-0.39, 0.29) is 24.5 Å². The molecule has 1 aliphatic heterocycles. The van der Waals surface area contributed by atoms with Gasteiger partial charge in [-0.1, -0.05) is 12.1 Å². The van der Waals surface area contributed by atoms with Crippen molar-refractivity contribution in [3.8, 4) is 5.75 Å². The second kappa shape index (κ2) is 11.9. The van der Waals surface area contributed by atoms with E-state index in [1.807, 2.05) is 31.2 Å². The molecule has 172 valence electrons. The number of nitrogens with zero attached hydrogens (tertiary/aromatic N) is 1. The fourth-order valence-corrected chi connectivity index (χ4v) is 3.60. The van der Waals surface area contributed by atoms with Crippen molar-refractivity contribution in [3.63, 3.8) is 0 Å². The van der Waals surface area contributed by atoms with Crippen molar-refractivity contribution in [1.82, 2.24) is 16.0 Å². The third kappa shape index (κ3) is 8.03. The number of aliphatic hydroxyl groups excluding tert-OH is 1. The molecule has 0 spiro atoms. The minimum absolute atomic E-state index is 0.0531. The Kier molecular flexibility index (Phi) is 8.97. The van der Waals surface area contributed by atoms with Crippen molar-refractivity contribution in [2.45, 2.75) is 45.1 Å². The van der Waals surface area contributed by atoms with Gasteiger partial charge in [0.2, 0.25) is 0 Å². The number of amides is 1. The van der Waals surface area contributed by atoms with Gasteiger partial charge in [0.25, 0.3) is 5.91 Å². The van der Waals surface area contributed by atoms with Crippen molar-refractivity contribution in [3.05, 3.63) is 29.8 Å². The quantitative estimate of drug-likeness (QED) is 0.293. The summed E-state index contributed by atoms with van der Waals surface area (Å²) in [5, 5.41) is 19.0. The maximum absolute atomic E-state index is 11.7. The second-order valence-electron chi connectivity index (χ2n) is 8.42. The van der Waals surface area contributed by atoms with E-state index in [9.17, 15) is 9.90 Å². The van der Waals surface area contributed by atoms with Crippen molar-refractivity contribution in [1.29, 1.82) is 0 Å². The molecule has 1 saturated heterocycles. The molecule has 4 N–H and O–H groups in total. The predicted molar refractivity (Wildman–Crippen MR) is 120 cm³/mol. The van der Waals surface area contributed by atoms with Crippen LogP contribution in [0, 0.1) is 5.41 Å². The van der Waals surface area contributed by atoms with Crippen LogP contribution in [0.5, 0.6) is 5.75 Å². The highest BCUT2D eigenvalue weighted by molar-refractivity contribution is 5.79. The minimum Gasteiger partial charge on any atom is -0.484 e. The first kappa shape index (κ1) is 23.3. The first-order valence-electron chi connectivity index (χ1n) is 11.3. The van der Waals surface area contributed by atoms with Gasteiger partial charge in [-0.3, -0.25) is 9.79 Å². The van der Waals surface area contributed by atoms with E-state index in [2.05, 4.69) is 16.0 Å². The highest BCUT2D eigenvalue weighted by Gasteiger charge is 2.34. The molecule has 1 unspecified atom stereocenters. The molecule has 0 radical (unpaired) electrons. The molecule has 1 aliphatic carbocycles. The van der Waals surface area contributed by atoms with E-state index in [1.54, 1.807) is 0 Å². The molecule has 1 aromatic carbocycles. The molecule has 1 aromatic rings. The van der Waals surface area contributed by atoms with E-state index in [0.717, 1.165) is 51.3 Å². The van der Waals surface area contributed by atoms with Gasteiger partial charge in [0.1, 0.15) is 5.75 Å². The number of hydrogen-bond donors (Lipinski definition) is 4. The van der Waals surface area contributed by atoms with Gasteiger partial charge >= 0.3 is 0 Å². The molecule has 3 rings (SSSR count). The Morgan fingerprint density at radius 3 is 2.74 bits per heavy atom. The number of hydrogen-bond acceptors (Lipinski definition) is 5. The average Bonchev–Trinajstić information content (AvgIpc) is 3.46. The largest absolute Gasteiger partial charge is 0.484 e. The summed E-state index contributed by atoms with van der Waals surface area (Å²) in [6, 6.07) is 8.20.